The highest BCUT2D eigenvalue weighted by Crippen LogP contribution is 2.13. The Morgan fingerprint density at radius 3 is 2.78 bits per heavy atom. The van der Waals surface area contributed by atoms with Crippen LogP contribution in [-0.4, -0.2) is 16.8 Å². The number of aldehydes is 1. The highest BCUT2D eigenvalue weighted by Gasteiger charge is 2.07. The number of rotatable bonds is 4. The Hall–Kier alpha value is -2.36. The SMILES string of the molecule is Cc1ccccc1NC(=O)Cn1cccc1C=O. The lowest BCUT2D eigenvalue weighted by atomic mass is 10.2. The van der Waals surface area contributed by atoms with Crippen molar-refractivity contribution in [2.24, 2.45) is 0 Å². The van der Waals surface area contributed by atoms with Gasteiger partial charge in [-0.05, 0) is 30.7 Å². The first-order chi connectivity index (χ1) is 8.70. The molecule has 1 aromatic heterocycles. The van der Waals surface area contributed by atoms with Crippen LogP contribution >= 0.6 is 0 Å². The molecule has 0 aliphatic carbocycles. The van der Waals surface area contributed by atoms with Crippen LogP contribution in [0.2, 0.25) is 0 Å². The van der Waals surface area contributed by atoms with Gasteiger partial charge in [0.2, 0.25) is 5.91 Å². The fourth-order valence-electron chi connectivity index (χ4n) is 1.74. The van der Waals surface area contributed by atoms with Gasteiger partial charge in [0.25, 0.3) is 0 Å². The van der Waals surface area contributed by atoms with Gasteiger partial charge in [0.05, 0.1) is 5.69 Å². The Labute approximate surface area is 105 Å². The Morgan fingerprint density at radius 2 is 2.06 bits per heavy atom. The third-order valence-corrected chi connectivity index (χ3v) is 2.72. The van der Waals surface area contributed by atoms with Gasteiger partial charge in [0, 0.05) is 11.9 Å². The summed E-state index contributed by atoms with van der Waals surface area (Å²) in [5.74, 6) is -0.149. The quantitative estimate of drug-likeness (QED) is 0.836. The number of hydrogen-bond acceptors (Lipinski definition) is 2. The monoisotopic (exact) mass is 242 g/mol. The summed E-state index contributed by atoms with van der Waals surface area (Å²) < 4.78 is 1.61. The summed E-state index contributed by atoms with van der Waals surface area (Å²) in [6.07, 6.45) is 2.45. The zero-order chi connectivity index (χ0) is 13.0. The van der Waals surface area contributed by atoms with Gasteiger partial charge in [-0.1, -0.05) is 18.2 Å². The van der Waals surface area contributed by atoms with Crippen LogP contribution in [0.25, 0.3) is 0 Å². The van der Waals surface area contributed by atoms with E-state index in [4.69, 9.17) is 0 Å². The number of aryl methyl sites for hydroxylation is 1. The first-order valence-electron chi connectivity index (χ1n) is 5.66. The van der Waals surface area contributed by atoms with Crippen LogP contribution in [-0.2, 0) is 11.3 Å². The standard InChI is InChI=1S/C14H14N2O2/c1-11-5-2-3-7-13(11)15-14(18)9-16-8-4-6-12(16)10-17/h2-8,10H,9H2,1H3,(H,15,18). The third-order valence-electron chi connectivity index (χ3n) is 2.72. The van der Waals surface area contributed by atoms with Gasteiger partial charge < -0.3 is 9.88 Å². The van der Waals surface area contributed by atoms with Crippen LogP contribution in [0, 0.1) is 6.92 Å². The molecule has 0 unspecified atom stereocenters. The van der Waals surface area contributed by atoms with Gasteiger partial charge in [-0.25, -0.2) is 0 Å². The topological polar surface area (TPSA) is 51.1 Å². The summed E-state index contributed by atoms with van der Waals surface area (Å²) in [5, 5.41) is 2.82. The van der Waals surface area contributed by atoms with E-state index in [9.17, 15) is 9.59 Å². The summed E-state index contributed by atoms with van der Waals surface area (Å²) in [6.45, 7) is 2.07. The van der Waals surface area contributed by atoms with Crippen LogP contribution in [0.5, 0.6) is 0 Å². The van der Waals surface area contributed by atoms with E-state index in [1.165, 1.54) is 0 Å². The number of amides is 1. The molecule has 2 aromatic rings. The van der Waals surface area contributed by atoms with Crippen molar-refractivity contribution in [3.63, 3.8) is 0 Å². The molecular weight excluding hydrogens is 228 g/mol. The van der Waals surface area contributed by atoms with E-state index in [2.05, 4.69) is 5.32 Å². The van der Waals surface area contributed by atoms with Crippen LogP contribution in [0.15, 0.2) is 42.6 Å². The number of carbonyl (C=O) groups excluding carboxylic acids is 2. The van der Waals surface area contributed by atoms with Crippen molar-refractivity contribution in [3.8, 4) is 0 Å². The van der Waals surface area contributed by atoms with E-state index < -0.39 is 0 Å². The number of para-hydroxylation sites is 1. The zero-order valence-electron chi connectivity index (χ0n) is 10.1. The number of carbonyl (C=O) groups is 2. The van der Waals surface area contributed by atoms with Crippen molar-refractivity contribution < 1.29 is 9.59 Å². The van der Waals surface area contributed by atoms with Crippen molar-refractivity contribution in [2.45, 2.75) is 13.5 Å². The maximum Gasteiger partial charge on any atom is 0.244 e. The second kappa shape index (κ2) is 5.31. The number of nitrogens with one attached hydrogen (secondary N) is 1. The minimum atomic E-state index is -0.149. The molecule has 18 heavy (non-hydrogen) atoms. The maximum atomic E-state index is 11.9. The normalized spacial score (nSPS) is 10.1. The van der Waals surface area contributed by atoms with Crippen LogP contribution < -0.4 is 5.32 Å². The first-order valence-corrected chi connectivity index (χ1v) is 5.66. The number of anilines is 1. The van der Waals surface area contributed by atoms with Gasteiger partial charge >= 0.3 is 0 Å². The van der Waals surface area contributed by atoms with E-state index in [1.54, 1.807) is 22.9 Å². The molecule has 0 spiro atoms. The zero-order valence-corrected chi connectivity index (χ0v) is 10.1. The molecule has 0 aliphatic rings. The van der Waals surface area contributed by atoms with E-state index in [1.807, 2.05) is 31.2 Å². The summed E-state index contributed by atoms with van der Waals surface area (Å²) in [5.41, 5.74) is 2.30. The van der Waals surface area contributed by atoms with Crippen molar-refractivity contribution in [1.82, 2.24) is 4.57 Å². The number of nitrogens with zero attached hydrogens (tertiary/aromatic N) is 1. The predicted octanol–water partition coefficient (Wildman–Crippen LogP) is 2.25. The Morgan fingerprint density at radius 1 is 1.28 bits per heavy atom. The average molecular weight is 242 g/mol. The molecule has 4 nitrogen and oxygen atoms in total. The molecule has 1 aromatic carbocycles. The molecule has 92 valence electrons. The number of aromatic nitrogens is 1. The van der Waals surface area contributed by atoms with Crippen LogP contribution in [0.3, 0.4) is 0 Å². The number of hydrogen-bond donors (Lipinski definition) is 1. The van der Waals surface area contributed by atoms with Crippen molar-refractivity contribution in [1.29, 1.82) is 0 Å². The van der Waals surface area contributed by atoms with Gasteiger partial charge in [-0.3, -0.25) is 9.59 Å². The molecule has 0 atom stereocenters. The molecule has 0 saturated carbocycles. The van der Waals surface area contributed by atoms with Gasteiger partial charge in [-0.2, -0.15) is 0 Å². The molecule has 0 bridgehead atoms. The molecule has 0 saturated heterocycles. The fraction of sp³-hybridized carbons (Fsp3) is 0.143. The van der Waals surface area contributed by atoms with Crippen molar-refractivity contribution in [3.05, 3.63) is 53.9 Å². The first kappa shape index (κ1) is 12.1. The summed E-state index contributed by atoms with van der Waals surface area (Å²) >= 11 is 0. The highest BCUT2D eigenvalue weighted by molar-refractivity contribution is 5.91. The molecule has 0 radical (unpaired) electrons. The lowest BCUT2D eigenvalue weighted by Crippen LogP contribution is -2.19. The number of benzene rings is 1. The summed E-state index contributed by atoms with van der Waals surface area (Å²) in [4.78, 5) is 22.6. The van der Waals surface area contributed by atoms with Crippen molar-refractivity contribution in [2.75, 3.05) is 5.32 Å². The molecule has 1 N–H and O–H groups in total. The molecule has 0 aliphatic heterocycles. The molecular formula is C14H14N2O2. The lowest BCUT2D eigenvalue weighted by Gasteiger charge is -2.09. The Balaban J connectivity index is 2.06. The second-order valence-corrected chi connectivity index (χ2v) is 4.04. The highest BCUT2D eigenvalue weighted by atomic mass is 16.2. The van der Waals surface area contributed by atoms with Crippen molar-refractivity contribution >= 4 is 17.9 Å². The fourth-order valence-corrected chi connectivity index (χ4v) is 1.74. The molecule has 1 amide bonds. The largest absolute Gasteiger partial charge is 0.336 e. The molecule has 4 heteroatoms. The lowest BCUT2D eigenvalue weighted by molar-refractivity contribution is -0.116. The van der Waals surface area contributed by atoms with Gasteiger partial charge in [-0.15, -0.1) is 0 Å². The van der Waals surface area contributed by atoms with Gasteiger partial charge in [0.15, 0.2) is 6.29 Å². The Kier molecular flexibility index (Phi) is 3.57. The molecule has 2 rings (SSSR count). The maximum absolute atomic E-state index is 11.9. The van der Waals surface area contributed by atoms with Crippen LogP contribution in [0.1, 0.15) is 16.1 Å². The minimum Gasteiger partial charge on any atom is -0.336 e. The summed E-state index contributed by atoms with van der Waals surface area (Å²) in [6, 6.07) is 11.0. The van der Waals surface area contributed by atoms with Gasteiger partial charge in [0.1, 0.15) is 6.54 Å². The van der Waals surface area contributed by atoms with Crippen LogP contribution in [0.4, 0.5) is 5.69 Å². The van der Waals surface area contributed by atoms with E-state index in [0.717, 1.165) is 17.5 Å². The Bertz CT molecular complexity index is 573. The third kappa shape index (κ3) is 2.66. The van der Waals surface area contributed by atoms with E-state index in [0.29, 0.717) is 5.69 Å². The minimum absolute atomic E-state index is 0.134. The second-order valence-electron chi connectivity index (χ2n) is 4.04. The van der Waals surface area contributed by atoms with E-state index in [-0.39, 0.29) is 12.5 Å². The molecule has 0 fully saturated rings. The smallest absolute Gasteiger partial charge is 0.244 e. The summed E-state index contributed by atoms with van der Waals surface area (Å²) in [7, 11) is 0. The van der Waals surface area contributed by atoms with E-state index >= 15 is 0 Å². The predicted molar refractivity (Wildman–Crippen MR) is 69.6 cm³/mol. The molecule has 1 heterocycles. The average Bonchev–Trinajstić information content (AvgIpc) is 2.79.